The zero-order chi connectivity index (χ0) is 23.1. The molecule has 32 heavy (non-hydrogen) atoms. The minimum atomic E-state index is -0.923. The predicted molar refractivity (Wildman–Crippen MR) is 116 cm³/mol. The van der Waals surface area contributed by atoms with Crippen LogP contribution in [0.5, 0.6) is 0 Å². The van der Waals surface area contributed by atoms with Crippen molar-refractivity contribution in [2.24, 2.45) is 0 Å². The molecule has 6 nitrogen and oxygen atoms in total. The van der Waals surface area contributed by atoms with Crippen molar-refractivity contribution in [2.75, 3.05) is 32.7 Å². The molecule has 2 aromatic rings. The maximum absolute atomic E-state index is 13.6. The molecule has 0 saturated carbocycles. The highest BCUT2D eigenvalue weighted by Crippen LogP contribution is 2.12. The largest absolute Gasteiger partial charge is 0.352 e. The molecular weight excluding hydrogens is 416 g/mol. The fourth-order valence-electron chi connectivity index (χ4n) is 3.70. The van der Waals surface area contributed by atoms with Gasteiger partial charge in [0.1, 0.15) is 11.6 Å². The molecule has 0 spiro atoms. The summed E-state index contributed by atoms with van der Waals surface area (Å²) in [5.74, 6) is -2.39. The minimum absolute atomic E-state index is 0.0289. The van der Waals surface area contributed by atoms with Gasteiger partial charge >= 0.3 is 0 Å². The monoisotopic (exact) mass is 443 g/mol. The van der Waals surface area contributed by atoms with Gasteiger partial charge in [-0.25, -0.2) is 8.78 Å². The highest BCUT2D eigenvalue weighted by Gasteiger charge is 2.22. The average molecular weight is 443 g/mol. The fraction of sp³-hybridized carbons (Fsp3) is 0.375. The molecule has 1 saturated heterocycles. The van der Waals surface area contributed by atoms with Gasteiger partial charge in [0.2, 0.25) is 5.91 Å². The first-order valence-electron chi connectivity index (χ1n) is 10.7. The van der Waals surface area contributed by atoms with E-state index in [1.165, 1.54) is 0 Å². The number of halogens is 2. The van der Waals surface area contributed by atoms with Crippen molar-refractivity contribution in [2.45, 2.75) is 26.2 Å². The van der Waals surface area contributed by atoms with Gasteiger partial charge in [0.25, 0.3) is 11.8 Å². The highest BCUT2D eigenvalue weighted by atomic mass is 19.1. The summed E-state index contributed by atoms with van der Waals surface area (Å²) >= 11 is 0. The lowest BCUT2D eigenvalue weighted by atomic mass is 10.1. The summed E-state index contributed by atoms with van der Waals surface area (Å²) in [6.45, 7) is 4.24. The van der Waals surface area contributed by atoms with E-state index in [9.17, 15) is 23.2 Å². The van der Waals surface area contributed by atoms with E-state index in [1.54, 1.807) is 15.9 Å². The molecule has 0 radical (unpaired) electrons. The second kappa shape index (κ2) is 10.8. The number of hydrogen-bond acceptors (Lipinski definition) is 3. The maximum Gasteiger partial charge on any atom is 0.254 e. The van der Waals surface area contributed by atoms with E-state index in [0.29, 0.717) is 50.7 Å². The van der Waals surface area contributed by atoms with Gasteiger partial charge in [-0.15, -0.1) is 0 Å². The van der Waals surface area contributed by atoms with E-state index in [2.05, 4.69) is 5.32 Å². The number of carbonyl (C=O) groups excluding carboxylic acids is 3. The third-order valence-electron chi connectivity index (χ3n) is 5.43. The van der Waals surface area contributed by atoms with Gasteiger partial charge in [-0.2, -0.15) is 0 Å². The van der Waals surface area contributed by atoms with E-state index in [1.807, 2.05) is 25.1 Å². The standard InChI is InChI=1S/C24H27F2N3O3/c1-17-5-2-6-18(15-17)24(32)29-12-4-11-28(13-14-29)22(30)7-3-10-27-23(31)20-9-8-19(25)16-21(20)26/h2,5-6,8-9,15-16H,3-4,7,10-14H2,1H3,(H,27,31). The Hall–Kier alpha value is -3.29. The van der Waals surface area contributed by atoms with Crippen LogP contribution < -0.4 is 5.32 Å². The Bertz CT molecular complexity index is 996. The number of nitrogens with one attached hydrogen (secondary N) is 1. The zero-order valence-corrected chi connectivity index (χ0v) is 18.1. The zero-order valence-electron chi connectivity index (χ0n) is 18.1. The van der Waals surface area contributed by atoms with Gasteiger partial charge in [-0.1, -0.05) is 17.7 Å². The van der Waals surface area contributed by atoms with Crippen LogP contribution in [-0.4, -0.2) is 60.2 Å². The second-order valence-electron chi connectivity index (χ2n) is 7.88. The molecule has 2 aromatic carbocycles. The predicted octanol–water partition coefficient (Wildman–Crippen LogP) is 3.16. The van der Waals surface area contributed by atoms with Gasteiger partial charge in [-0.05, 0) is 44.0 Å². The Morgan fingerprint density at radius 1 is 0.969 bits per heavy atom. The Labute approximate surface area is 186 Å². The van der Waals surface area contributed by atoms with Crippen molar-refractivity contribution in [1.82, 2.24) is 15.1 Å². The van der Waals surface area contributed by atoms with Crippen LogP contribution in [0.15, 0.2) is 42.5 Å². The van der Waals surface area contributed by atoms with Gasteiger partial charge in [0, 0.05) is 50.8 Å². The first kappa shape index (κ1) is 23.4. The third-order valence-corrected chi connectivity index (χ3v) is 5.43. The van der Waals surface area contributed by atoms with Gasteiger partial charge in [-0.3, -0.25) is 14.4 Å². The summed E-state index contributed by atoms with van der Waals surface area (Å²) in [5, 5.41) is 2.55. The lowest BCUT2D eigenvalue weighted by molar-refractivity contribution is -0.131. The molecule has 8 heteroatoms. The first-order chi connectivity index (χ1) is 15.3. The normalized spacial score (nSPS) is 14.1. The van der Waals surface area contributed by atoms with Crippen LogP contribution in [0.2, 0.25) is 0 Å². The highest BCUT2D eigenvalue weighted by molar-refractivity contribution is 5.95. The lowest BCUT2D eigenvalue weighted by Crippen LogP contribution is -2.37. The van der Waals surface area contributed by atoms with E-state index in [0.717, 1.165) is 17.7 Å². The van der Waals surface area contributed by atoms with E-state index in [4.69, 9.17) is 0 Å². The topological polar surface area (TPSA) is 69.7 Å². The summed E-state index contributed by atoms with van der Waals surface area (Å²) in [6, 6.07) is 10.2. The number of hydrogen-bond donors (Lipinski definition) is 1. The first-order valence-corrected chi connectivity index (χ1v) is 10.7. The molecule has 0 bridgehead atoms. The van der Waals surface area contributed by atoms with Crippen molar-refractivity contribution in [1.29, 1.82) is 0 Å². The SMILES string of the molecule is Cc1cccc(C(=O)N2CCCN(C(=O)CCCNC(=O)c3ccc(F)cc3F)CC2)c1. The molecule has 1 N–H and O–H groups in total. The van der Waals surface area contributed by atoms with Crippen molar-refractivity contribution in [3.05, 3.63) is 70.8 Å². The van der Waals surface area contributed by atoms with Crippen molar-refractivity contribution >= 4 is 17.7 Å². The molecular formula is C24H27F2N3O3. The summed E-state index contributed by atoms with van der Waals surface area (Å²) in [4.78, 5) is 40.8. The summed E-state index contributed by atoms with van der Waals surface area (Å²) in [5.41, 5.74) is 1.44. The molecule has 0 aromatic heterocycles. The van der Waals surface area contributed by atoms with Gasteiger partial charge in [0.05, 0.1) is 5.56 Å². The smallest absolute Gasteiger partial charge is 0.254 e. The second-order valence-corrected chi connectivity index (χ2v) is 7.88. The number of aryl methyl sites for hydroxylation is 1. The molecule has 3 rings (SSSR count). The molecule has 170 valence electrons. The van der Waals surface area contributed by atoms with Crippen LogP contribution in [0.25, 0.3) is 0 Å². The van der Waals surface area contributed by atoms with Crippen LogP contribution in [0.1, 0.15) is 45.5 Å². The van der Waals surface area contributed by atoms with Crippen LogP contribution in [0.4, 0.5) is 8.78 Å². The summed E-state index contributed by atoms with van der Waals surface area (Å²) in [6.07, 6.45) is 1.33. The third kappa shape index (κ3) is 6.12. The van der Waals surface area contributed by atoms with Crippen LogP contribution >= 0.6 is 0 Å². The van der Waals surface area contributed by atoms with Crippen LogP contribution in [-0.2, 0) is 4.79 Å². The van der Waals surface area contributed by atoms with Crippen molar-refractivity contribution in [3.8, 4) is 0 Å². The van der Waals surface area contributed by atoms with E-state index in [-0.39, 0.29) is 30.3 Å². The summed E-state index contributed by atoms with van der Waals surface area (Å²) < 4.78 is 26.6. The number of nitrogens with zero attached hydrogens (tertiary/aromatic N) is 2. The number of carbonyl (C=O) groups is 3. The van der Waals surface area contributed by atoms with E-state index < -0.39 is 17.5 Å². The lowest BCUT2D eigenvalue weighted by Gasteiger charge is -2.22. The van der Waals surface area contributed by atoms with Crippen LogP contribution in [0.3, 0.4) is 0 Å². The van der Waals surface area contributed by atoms with E-state index >= 15 is 0 Å². The number of benzene rings is 2. The Kier molecular flexibility index (Phi) is 7.92. The number of amides is 3. The van der Waals surface area contributed by atoms with Crippen LogP contribution in [0, 0.1) is 18.6 Å². The molecule has 1 fully saturated rings. The fourth-order valence-corrected chi connectivity index (χ4v) is 3.70. The molecule has 3 amide bonds. The summed E-state index contributed by atoms with van der Waals surface area (Å²) in [7, 11) is 0. The quantitative estimate of drug-likeness (QED) is 0.698. The minimum Gasteiger partial charge on any atom is -0.352 e. The molecule has 0 unspecified atom stereocenters. The Morgan fingerprint density at radius 3 is 2.47 bits per heavy atom. The maximum atomic E-state index is 13.6. The number of rotatable bonds is 6. The van der Waals surface area contributed by atoms with Gasteiger partial charge < -0.3 is 15.1 Å². The average Bonchev–Trinajstić information content (AvgIpc) is 3.02. The molecule has 0 atom stereocenters. The van der Waals surface area contributed by atoms with Gasteiger partial charge in [0.15, 0.2) is 0 Å². The van der Waals surface area contributed by atoms with Crippen molar-refractivity contribution < 1.29 is 23.2 Å². The molecule has 1 heterocycles. The Balaban J connectivity index is 1.43. The molecule has 0 aliphatic carbocycles. The Morgan fingerprint density at radius 2 is 1.72 bits per heavy atom. The van der Waals surface area contributed by atoms with Crippen molar-refractivity contribution in [3.63, 3.8) is 0 Å². The molecule has 1 aliphatic rings. The molecule has 1 aliphatic heterocycles.